The number of carbonyl (C=O) groups excluding carboxylic acids is 2. The Morgan fingerprint density at radius 3 is 2.74 bits per heavy atom. The van der Waals surface area contributed by atoms with E-state index in [1.165, 1.54) is 51.6 Å². The molecule has 1 N–H and O–H groups in total. The lowest BCUT2D eigenvalue weighted by Gasteiger charge is -2.57. The number of carbonyl (C=O) groups is 2. The third-order valence-corrected chi connectivity index (χ3v) is 8.03. The van der Waals surface area contributed by atoms with Gasteiger partial charge < -0.3 is 10.2 Å². The van der Waals surface area contributed by atoms with Crippen molar-refractivity contribution >= 4 is 11.8 Å². The molecule has 1 saturated carbocycles. The molecule has 1 aromatic rings. The summed E-state index contributed by atoms with van der Waals surface area (Å²) in [5, 5.41) is 3.09. The summed E-state index contributed by atoms with van der Waals surface area (Å²) in [6.07, 6.45) is 13.2. The number of hydrogen-bond donors (Lipinski definition) is 1. The van der Waals surface area contributed by atoms with Crippen LogP contribution in [0.5, 0.6) is 0 Å². The number of rotatable bonds is 7. The van der Waals surface area contributed by atoms with E-state index in [0.29, 0.717) is 35.8 Å². The molecule has 0 radical (unpaired) electrons. The Kier molecular flexibility index (Phi) is 6.26. The average molecular weight is 425 g/mol. The Balaban J connectivity index is 1.30. The summed E-state index contributed by atoms with van der Waals surface area (Å²) < 4.78 is 0. The van der Waals surface area contributed by atoms with Gasteiger partial charge in [-0.1, -0.05) is 0 Å². The maximum Gasteiger partial charge on any atom is 0.255 e. The molecule has 5 rings (SSSR count). The minimum atomic E-state index is 0.123. The molecule has 0 bridgehead atoms. The molecule has 3 saturated heterocycles. The number of piperidine rings is 3. The van der Waals surface area contributed by atoms with Gasteiger partial charge >= 0.3 is 0 Å². The van der Waals surface area contributed by atoms with Gasteiger partial charge in [-0.25, -0.2) is 0 Å². The first-order valence-electron chi connectivity index (χ1n) is 12.4. The van der Waals surface area contributed by atoms with E-state index >= 15 is 0 Å². The maximum atomic E-state index is 13.5. The van der Waals surface area contributed by atoms with E-state index < -0.39 is 0 Å². The van der Waals surface area contributed by atoms with Crippen LogP contribution >= 0.6 is 0 Å². The van der Waals surface area contributed by atoms with Crippen molar-refractivity contribution in [2.24, 2.45) is 17.8 Å². The summed E-state index contributed by atoms with van der Waals surface area (Å²) in [5.41, 5.74) is 0.691. The van der Waals surface area contributed by atoms with Crippen molar-refractivity contribution in [1.82, 2.24) is 20.1 Å². The van der Waals surface area contributed by atoms with Gasteiger partial charge in [0.1, 0.15) is 0 Å². The molecule has 4 heterocycles. The monoisotopic (exact) mass is 424 g/mol. The van der Waals surface area contributed by atoms with Crippen molar-refractivity contribution in [3.05, 3.63) is 30.1 Å². The molecule has 3 aliphatic heterocycles. The van der Waals surface area contributed by atoms with E-state index in [1.807, 2.05) is 12.1 Å². The van der Waals surface area contributed by atoms with Gasteiger partial charge in [-0.15, -0.1) is 0 Å². The lowest BCUT2D eigenvalue weighted by atomic mass is 9.69. The second-order valence-corrected chi connectivity index (χ2v) is 10.1. The number of hydrogen-bond acceptors (Lipinski definition) is 4. The molecule has 4 atom stereocenters. The minimum absolute atomic E-state index is 0.123. The van der Waals surface area contributed by atoms with Crippen molar-refractivity contribution in [3.8, 4) is 0 Å². The molecule has 1 aromatic heterocycles. The van der Waals surface area contributed by atoms with Gasteiger partial charge in [-0.3, -0.25) is 19.5 Å². The summed E-state index contributed by atoms with van der Waals surface area (Å²) >= 11 is 0. The summed E-state index contributed by atoms with van der Waals surface area (Å²) in [6, 6.07) is 4.58. The van der Waals surface area contributed by atoms with E-state index in [4.69, 9.17) is 0 Å². The standard InChI is InChI=1S/C25H36N4O2/c30-23(27-15-18-10-11-18)9-1-8-22-21-7-4-14-28-13-3-6-20(24(21)28)17-29(22)25(31)19-5-2-12-26-16-19/h2,5,12,16,18,20-22,24H,1,3-4,6-11,13-15,17H2,(H,27,30)/t20-,21+,22+,24-/m0/s1. The first-order valence-corrected chi connectivity index (χ1v) is 12.4. The van der Waals surface area contributed by atoms with Crippen LogP contribution < -0.4 is 5.32 Å². The van der Waals surface area contributed by atoms with E-state index in [9.17, 15) is 9.59 Å². The fraction of sp³-hybridized carbons (Fsp3) is 0.720. The molecule has 6 nitrogen and oxygen atoms in total. The Bertz CT molecular complexity index is 779. The Labute approximate surface area is 185 Å². The number of nitrogens with one attached hydrogen (secondary N) is 1. The summed E-state index contributed by atoms with van der Waals surface area (Å²) in [5.74, 6) is 2.12. The zero-order valence-corrected chi connectivity index (χ0v) is 18.5. The Morgan fingerprint density at radius 1 is 1.13 bits per heavy atom. The molecule has 6 heteroatoms. The zero-order valence-electron chi connectivity index (χ0n) is 18.5. The third-order valence-electron chi connectivity index (χ3n) is 8.03. The average Bonchev–Trinajstić information content (AvgIpc) is 3.64. The summed E-state index contributed by atoms with van der Waals surface area (Å²) in [4.78, 5) is 34.9. The second kappa shape index (κ2) is 9.27. The van der Waals surface area contributed by atoms with Gasteiger partial charge in [0.15, 0.2) is 0 Å². The molecule has 4 aliphatic rings. The first-order chi connectivity index (χ1) is 15.2. The highest BCUT2D eigenvalue weighted by atomic mass is 16.2. The van der Waals surface area contributed by atoms with Crippen LogP contribution in [0.4, 0.5) is 0 Å². The van der Waals surface area contributed by atoms with Crippen LogP contribution in [0.15, 0.2) is 24.5 Å². The van der Waals surface area contributed by atoms with Crippen molar-refractivity contribution in [2.75, 3.05) is 26.2 Å². The highest BCUT2D eigenvalue weighted by molar-refractivity contribution is 5.94. The highest BCUT2D eigenvalue weighted by Gasteiger charge is 2.49. The smallest absolute Gasteiger partial charge is 0.255 e. The highest BCUT2D eigenvalue weighted by Crippen LogP contribution is 2.43. The van der Waals surface area contributed by atoms with Crippen molar-refractivity contribution in [3.63, 3.8) is 0 Å². The van der Waals surface area contributed by atoms with E-state index in [2.05, 4.69) is 20.1 Å². The van der Waals surface area contributed by atoms with E-state index in [0.717, 1.165) is 25.9 Å². The van der Waals surface area contributed by atoms with Crippen LogP contribution in [0.1, 0.15) is 68.1 Å². The van der Waals surface area contributed by atoms with Crippen LogP contribution in [0.2, 0.25) is 0 Å². The quantitative estimate of drug-likeness (QED) is 0.731. The van der Waals surface area contributed by atoms with Gasteiger partial charge in [0, 0.05) is 44.0 Å². The van der Waals surface area contributed by atoms with Crippen LogP contribution in [-0.4, -0.2) is 64.9 Å². The Morgan fingerprint density at radius 2 is 1.97 bits per heavy atom. The molecule has 31 heavy (non-hydrogen) atoms. The van der Waals surface area contributed by atoms with E-state index in [1.54, 1.807) is 12.4 Å². The molecular formula is C25H36N4O2. The van der Waals surface area contributed by atoms with Crippen LogP contribution in [0, 0.1) is 17.8 Å². The van der Waals surface area contributed by atoms with Gasteiger partial charge in [-0.05, 0) is 94.3 Å². The lowest BCUT2D eigenvalue weighted by molar-refractivity contribution is -0.121. The fourth-order valence-electron chi connectivity index (χ4n) is 6.39. The molecule has 168 valence electrons. The Hall–Kier alpha value is -1.95. The van der Waals surface area contributed by atoms with Gasteiger partial charge in [-0.2, -0.15) is 0 Å². The molecule has 0 aromatic carbocycles. The summed E-state index contributed by atoms with van der Waals surface area (Å²) in [6.45, 7) is 4.12. The zero-order chi connectivity index (χ0) is 21.2. The normalized spacial score (nSPS) is 30.5. The van der Waals surface area contributed by atoms with Crippen LogP contribution in [0.25, 0.3) is 0 Å². The second-order valence-electron chi connectivity index (χ2n) is 10.1. The topological polar surface area (TPSA) is 65.5 Å². The van der Waals surface area contributed by atoms with Gasteiger partial charge in [0.25, 0.3) is 5.91 Å². The minimum Gasteiger partial charge on any atom is -0.356 e. The molecule has 2 amide bonds. The molecule has 4 fully saturated rings. The van der Waals surface area contributed by atoms with Crippen molar-refractivity contribution in [1.29, 1.82) is 0 Å². The van der Waals surface area contributed by atoms with Gasteiger partial charge in [0.2, 0.25) is 5.91 Å². The fourth-order valence-corrected chi connectivity index (χ4v) is 6.39. The maximum absolute atomic E-state index is 13.5. The predicted octanol–water partition coefficient (Wildman–Crippen LogP) is 3.09. The van der Waals surface area contributed by atoms with Gasteiger partial charge in [0.05, 0.1) is 5.56 Å². The SMILES string of the molecule is O=C(CCC[C@@H]1[C@H]2CCCN3CCC[C@@H](CN1C(=O)c1cccnc1)[C@@H]23)NCC1CC1. The van der Waals surface area contributed by atoms with Crippen LogP contribution in [0.3, 0.4) is 0 Å². The molecule has 0 unspecified atom stereocenters. The summed E-state index contributed by atoms with van der Waals surface area (Å²) in [7, 11) is 0. The lowest BCUT2D eigenvalue weighted by Crippen LogP contribution is -2.65. The largest absolute Gasteiger partial charge is 0.356 e. The predicted molar refractivity (Wildman–Crippen MR) is 119 cm³/mol. The number of nitrogens with zero attached hydrogens (tertiary/aromatic N) is 3. The number of amides is 2. The molecular weight excluding hydrogens is 388 g/mol. The van der Waals surface area contributed by atoms with Crippen molar-refractivity contribution in [2.45, 2.75) is 69.9 Å². The number of aromatic nitrogens is 1. The van der Waals surface area contributed by atoms with E-state index in [-0.39, 0.29) is 17.9 Å². The third kappa shape index (κ3) is 4.64. The molecule has 0 spiro atoms. The van der Waals surface area contributed by atoms with Crippen LogP contribution in [-0.2, 0) is 4.79 Å². The number of likely N-dealkylation sites (tertiary alicyclic amines) is 1. The van der Waals surface area contributed by atoms with Crippen molar-refractivity contribution < 1.29 is 9.59 Å². The molecule has 1 aliphatic carbocycles. The first kappa shape index (κ1) is 20.9. The number of pyridine rings is 1.